The fourth-order valence-electron chi connectivity index (χ4n) is 5.53. The van der Waals surface area contributed by atoms with Crippen LogP contribution in [0.3, 0.4) is 0 Å². The van der Waals surface area contributed by atoms with Gasteiger partial charge in [-0.2, -0.15) is 0 Å². The van der Waals surface area contributed by atoms with Crippen molar-refractivity contribution in [2.75, 3.05) is 52.9 Å². The van der Waals surface area contributed by atoms with E-state index in [2.05, 4.69) is 74.9 Å². The van der Waals surface area contributed by atoms with Gasteiger partial charge in [-0.15, -0.1) is 0 Å². The number of pyridine rings is 1. The zero-order valence-electron chi connectivity index (χ0n) is 25.6. The number of unbranched alkanes of at least 4 members (excludes halogenated alkanes) is 1. The third kappa shape index (κ3) is 12.2. The second kappa shape index (κ2) is 18.5. The second-order valence-electron chi connectivity index (χ2n) is 11.5. The fraction of sp³-hybridized carbons (Fsp3) is 0.486. The molecule has 2 N–H and O–H groups in total. The van der Waals surface area contributed by atoms with Crippen LogP contribution in [-0.2, 0) is 6.54 Å². The number of ether oxygens (including phenoxy) is 1. The Labute approximate surface area is 263 Å². The summed E-state index contributed by atoms with van der Waals surface area (Å²) in [5.74, 6) is 1.11. The number of carbonyl (C=O) groups excluding carboxylic acids is 1. The zero-order chi connectivity index (χ0) is 30.1. The summed E-state index contributed by atoms with van der Waals surface area (Å²) >= 11 is 6.12. The third-order valence-electron chi connectivity index (χ3n) is 8.02. The van der Waals surface area contributed by atoms with Gasteiger partial charge < -0.3 is 20.3 Å². The standard InChI is InChI=1S/C35H48ClN5O2/c1-40(26-19-33(34-10-3-4-20-37-34)30-13-15-31(36)16-14-30)23-8-5-21-38-35(42)39-22-9-27-43-32-17-11-29(12-18-32)28-41-24-6-2-7-25-41/h3-4,10-18,20,33H,2,5-9,19,21-28H2,1H3,(H2,38,39,42). The van der Waals surface area contributed by atoms with E-state index in [0.717, 1.165) is 61.8 Å². The minimum Gasteiger partial charge on any atom is -0.494 e. The molecule has 1 aromatic heterocycles. The van der Waals surface area contributed by atoms with Crippen LogP contribution in [0.1, 0.15) is 67.7 Å². The van der Waals surface area contributed by atoms with Gasteiger partial charge in [0.1, 0.15) is 5.75 Å². The van der Waals surface area contributed by atoms with Crippen molar-refractivity contribution in [2.24, 2.45) is 0 Å². The molecule has 0 aliphatic carbocycles. The van der Waals surface area contributed by atoms with Crippen LogP contribution in [0.5, 0.6) is 5.75 Å². The van der Waals surface area contributed by atoms with Gasteiger partial charge in [-0.1, -0.05) is 48.4 Å². The number of nitrogens with one attached hydrogen (secondary N) is 2. The molecule has 1 aliphatic rings. The highest BCUT2D eigenvalue weighted by Gasteiger charge is 2.16. The van der Waals surface area contributed by atoms with Crippen molar-refractivity contribution in [2.45, 2.75) is 57.4 Å². The molecule has 232 valence electrons. The zero-order valence-corrected chi connectivity index (χ0v) is 26.4. The second-order valence-corrected chi connectivity index (χ2v) is 12.0. The molecule has 4 rings (SSSR count). The summed E-state index contributed by atoms with van der Waals surface area (Å²) in [6.45, 7) is 7.21. The fourth-order valence-corrected chi connectivity index (χ4v) is 5.65. The molecule has 8 heteroatoms. The summed E-state index contributed by atoms with van der Waals surface area (Å²) in [6.07, 6.45) is 9.55. The molecular formula is C35H48ClN5O2. The summed E-state index contributed by atoms with van der Waals surface area (Å²) in [5, 5.41) is 6.65. The van der Waals surface area contributed by atoms with E-state index in [9.17, 15) is 4.79 Å². The van der Waals surface area contributed by atoms with Crippen LogP contribution in [0.15, 0.2) is 72.9 Å². The number of likely N-dealkylation sites (tertiary alicyclic amines) is 1. The number of hydrogen-bond acceptors (Lipinski definition) is 5. The molecule has 1 aliphatic heterocycles. The first-order valence-corrected chi connectivity index (χ1v) is 16.3. The van der Waals surface area contributed by atoms with Crippen molar-refractivity contribution in [1.82, 2.24) is 25.4 Å². The number of urea groups is 1. The molecule has 0 radical (unpaired) electrons. The maximum absolute atomic E-state index is 12.2. The molecule has 43 heavy (non-hydrogen) atoms. The van der Waals surface area contributed by atoms with Crippen LogP contribution in [-0.4, -0.2) is 73.7 Å². The molecule has 1 unspecified atom stereocenters. The number of nitrogens with zero attached hydrogens (tertiary/aromatic N) is 3. The predicted octanol–water partition coefficient (Wildman–Crippen LogP) is 6.72. The highest BCUT2D eigenvalue weighted by Crippen LogP contribution is 2.28. The number of carbonyl (C=O) groups is 1. The maximum Gasteiger partial charge on any atom is 0.314 e. The van der Waals surface area contributed by atoms with Crippen molar-refractivity contribution >= 4 is 17.6 Å². The molecule has 0 spiro atoms. The quantitative estimate of drug-likeness (QED) is 0.167. The smallest absolute Gasteiger partial charge is 0.314 e. The van der Waals surface area contributed by atoms with Crippen molar-refractivity contribution in [1.29, 1.82) is 0 Å². The highest BCUT2D eigenvalue weighted by atomic mass is 35.5. The lowest BCUT2D eigenvalue weighted by atomic mass is 9.92. The van der Waals surface area contributed by atoms with Gasteiger partial charge in [0.15, 0.2) is 0 Å². The largest absolute Gasteiger partial charge is 0.494 e. The van der Waals surface area contributed by atoms with Crippen LogP contribution in [0.25, 0.3) is 0 Å². The van der Waals surface area contributed by atoms with Crippen molar-refractivity contribution in [3.63, 3.8) is 0 Å². The van der Waals surface area contributed by atoms with Gasteiger partial charge in [-0.05, 0) is 119 Å². The van der Waals surface area contributed by atoms with E-state index in [1.54, 1.807) is 0 Å². The monoisotopic (exact) mass is 605 g/mol. The summed E-state index contributed by atoms with van der Waals surface area (Å²) in [5.41, 5.74) is 3.65. The lowest BCUT2D eigenvalue weighted by Crippen LogP contribution is -2.37. The highest BCUT2D eigenvalue weighted by molar-refractivity contribution is 6.30. The molecule has 1 saturated heterocycles. The Morgan fingerprint density at radius 3 is 2.40 bits per heavy atom. The SMILES string of the molecule is CN(CCCCNC(=O)NCCCOc1ccc(CN2CCCCC2)cc1)CCC(c1ccc(Cl)cc1)c1ccccn1. The lowest BCUT2D eigenvalue weighted by molar-refractivity contribution is 0.221. The number of benzene rings is 2. The lowest BCUT2D eigenvalue weighted by Gasteiger charge is -2.26. The van der Waals surface area contributed by atoms with Gasteiger partial charge >= 0.3 is 6.03 Å². The van der Waals surface area contributed by atoms with E-state index >= 15 is 0 Å². The van der Waals surface area contributed by atoms with Crippen LogP contribution >= 0.6 is 11.6 Å². The maximum atomic E-state index is 12.2. The molecule has 0 bridgehead atoms. The van der Waals surface area contributed by atoms with Crippen molar-refractivity contribution < 1.29 is 9.53 Å². The van der Waals surface area contributed by atoms with E-state index in [0.29, 0.717) is 19.7 Å². The van der Waals surface area contributed by atoms with Crippen LogP contribution in [0.4, 0.5) is 4.79 Å². The third-order valence-corrected chi connectivity index (χ3v) is 8.27. The minimum absolute atomic E-state index is 0.114. The van der Waals surface area contributed by atoms with E-state index in [4.69, 9.17) is 16.3 Å². The van der Waals surface area contributed by atoms with Crippen molar-refractivity contribution in [3.05, 3.63) is 94.8 Å². The number of aromatic nitrogens is 1. The van der Waals surface area contributed by atoms with Gasteiger partial charge in [0, 0.05) is 42.5 Å². The Morgan fingerprint density at radius 2 is 1.67 bits per heavy atom. The number of halogens is 1. The van der Waals surface area contributed by atoms with E-state index in [1.807, 2.05) is 30.5 Å². The Bertz CT molecular complexity index is 1190. The average molecular weight is 606 g/mol. The summed E-state index contributed by atoms with van der Waals surface area (Å²) in [4.78, 5) is 21.7. The Hall–Kier alpha value is -3.13. The minimum atomic E-state index is -0.114. The summed E-state index contributed by atoms with van der Waals surface area (Å²) in [6, 6.07) is 22.5. The van der Waals surface area contributed by atoms with Gasteiger partial charge in [-0.3, -0.25) is 9.88 Å². The van der Waals surface area contributed by atoms with E-state index in [-0.39, 0.29) is 11.9 Å². The van der Waals surface area contributed by atoms with Crippen LogP contribution in [0, 0.1) is 0 Å². The van der Waals surface area contributed by atoms with Crippen LogP contribution < -0.4 is 15.4 Å². The van der Waals surface area contributed by atoms with Crippen molar-refractivity contribution in [3.8, 4) is 5.75 Å². The normalized spacial score (nSPS) is 14.4. The van der Waals surface area contributed by atoms with E-state index < -0.39 is 0 Å². The average Bonchev–Trinajstić information content (AvgIpc) is 3.03. The predicted molar refractivity (Wildman–Crippen MR) is 176 cm³/mol. The Kier molecular flexibility index (Phi) is 14.1. The summed E-state index contributed by atoms with van der Waals surface area (Å²) in [7, 11) is 2.16. The molecule has 0 saturated carbocycles. The molecule has 1 atom stereocenters. The first-order valence-electron chi connectivity index (χ1n) is 15.9. The molecule has 7 nitrogen and oxygen atoms in total. The molecule has 1 fully saturated rings. The van der Waals surface area contributed by atoms with Gasteiger partial charge in [0.05, 0.1) is 6.61 Å². The summed E-state index contributed by atoms with van der Waals surface area (Å²) < 4.78 is 5.86. The number of hydrogen-bond donors (Lipinski definition) is 2. The molecule has 2 aromatic carbocycles. The number of piperidine rings is 1. The molecule has 2 amide bonds. The first-order chi connectivity index (χ1) is 21.1. The molecular weight excluding hydrogens is 558 g/mol. The van der Waals surface area contributed by atoms with Gasteiger partial charge in [-0.25, -0.2) is 4.79 Å². The van der Waals surface area contributed by atoms with Crippen LogP contribution in [0.2, 0.25) is 5.02 Å². The molecule has 3 aromatic rings. The van der Waals surface area contributed by atoms with E-state index in [1.165, 1.54) is 43.5 Å². The van der Waals surface area contributed by atoms with Gasteiger partial charge in [0.25, 0.3) is 0 Å². The number of rotatable bonds is 17. The molecule has 2 heterocycles. The Morgan fingerprint density at radius 1 is 0.930 bits per heavy atom. The topological polar surface area (TPSA) is 69.7 Å². The Balaban J connectivity index is 1.02. The van der Waals surface area contributed by atoms with Gasteiger partial charge in [0.2, 0.25) is 0 Å². The number of amides is 2. The first kappa shape index (κ1) is 32.8.